The van der Waals surface area contributed by atoms with E-state index >= 15 is 0 Å². The van der Waals surface area contributed by atoms with Gasteiger partial charge < -0.3 is 30.6 Å². The van der Waals surface area contributed by atoms with Crippen LogP contribution in [-0.4, -0.2) is 39.0 Å². The minimum absolute atomic E-state index is 0.379. The molecule has 5 N–H and O–H groups in total. The number of hydrogen-bond donors (Lipinski definition) is 4. The van der Waals surface area contributed by atoms with Gasteiger partial charge in [-0.1, -0.05) is 42.5 Å². The van der Waals surface area contributed by atoms with Crippen LogP contribution in [-0.2, 0) is 6.54 Å². The summed E-state index contributed by atoms with van der Waals surface area (Å²) in [5.41, 5.74) is 8.72. The number of anilines is 1. The topological polar surface area (TPSA) is 123 Å². The Labute approximate surface area is 174 Å². The second-order valence-electron chi connectivity index (χ2n) is 6.88. The maximum atomic E-state index is 11.2. The lowest BCUT2D eigenvalue weighted by Crippen LogP contribution is -2.20. The Morgan fingerprint density at radius 2 is 2.00 bits per heavy atom. The van der Waals surface area contributed by atoms with Gasteiger partial charge in [0, 0.05) is 12.1 Å². The molecule has 2 amide bonds. The first-order valence-corrected chi connectivity index (χ1v) is 9.69. The summed E-state index contributed by atoms with van der Waals surface area (Å²) in [5, 5.41) is 22.4. The van der Waals surface area contributed by atoms with Crippen molar-refractivity contribution in [1.82, 2.24) is 9.55 Å². The summed E-state index contributed by atoms with van der Waals surface area (Å²) >= 11 is 0. The molecule has 0 aliphatic carbocycles. The highest BCUT2D eigenvalue weighted by Gasteiger charge is 2.19. The molecule has 0 fully saturated rings. The van der Waals surface area contributed by atoms with Gasteiger partial charge in [0.1, 0.15) is 11.9 Å². The third kappa shape index (κ3) is 4.97. The van der Waals surface area contributed by atoms with E-state index in [9.17, 15) is 15.0 Å². The van der Waals surface area contributed by atoms with E-state index in [2.05, 4.69) is 10.3 Å². The molecule has 1 unspecified atom stereocenters. The number of urea groups is 1. The second kappa shape index (κ2) is 9.91. The molecular weight excluding hydrogens is 384 g/mol. The lowest BCUT2D eigenvalue weighted by atomic mass is 10.1. The highest BCUT2D eigenvalue weighted by atomic mass is 16.5. The van der Waals surface area contributed by atoms with Crippen LogP contribution in [0, 0.1) is 6.92 Å². The molecule has 158 valence electrons. The van der Waals surface area contributed by atoms with Crippen LogP contribution in [0.3, 0.4) is 0 Å². The second-order valence-corrected chi connectivity index (χ2v) is 6.88. The number of imidazole rings is 1. The van der Waals surface area contributed by atoms with Gasteiger partial charge in [0.05, 0.1) is 36.6 Å². The molecule has 3 aromatic rings. The van der Waals surface area contributed by atoms with E-state index in [4.69, 9.17) is 10.5 Å². The molecule has 1 heterocycles. The molecule has 0 spiro atoms. The zero-order valence-corrected chi connectivity index (χ0v) is 16.8. The number of carbonyl (C=O) groups excluding carboxylic acids is 1. The van der Waals surface area contributed by atoms with E-state index in [1.165, 1.54) is 0 Å². The molecule has 0 radical (unpaired) electrons. The van der Waals surface area contributed by atoms with Crippen molar-refractivity contribution in [2.75, 3.05) is 18.5 Å². The Bertz CT molecular complexity index is 988. The van der Waals surface area contributed by atoms with Crippen LogP contribution in [0.1, 0.15) is 23.8 Å². The van der Waals surface area contributed by atoms with Gasteiger partial charge in [-0.2, -0.15) is 0 Å². The number of carbonyl (C=O) groups is 1. The van der Waals surface area contributed by atoms with Crippen molar-refractivity contribution < 1.29 is 19.7 Å². The van der Waals surface area contributed by atoms with Crippen LogP contribution in [0.25, 0.3) is 11.3 Å². The van der Waals surface area contributed by atoms with Gasteiger partial charge in [-0.05, 0) is 25.0 Å². The summed E-state index contributed by atoms with van der Waals surface area (Å²) in [4.78, 5) is 15.7. The molecule has 8 nitrogen and oxygen atoms in total. The molecule has 3 rings (SSSR count). The molecule has 0 aliphatic rings. The molecule has 1 aromatic heterocycles. The maximum absolute atomic E-state index is 11.2. The van der Waals surface area contributed by atoms with Crippen molar-refractivity contribution in [1.29, 1.82) is 0 Å². The largest absolute Gasteiger partial charge is 0.491 e. The van der Waals surface area contributed by atoms with E-state index in [1.807, 2.05) is 54.0 Å². The van der Waals surface area contributed by atoms with Gasteiger partial charge in [0.2, 0.25) is 0 Å². The summed E-state index contributed by atoms with van der Waals surface area (Å²) in [6, 6.07) is 14.3. The average molecular weight is 410 g/mol. The molecule has 0 saturated heterocycles. The summed E-state index contributed by atoms with van der Waals surface area (Å²) in [6.07, 6.45) is 1.25. The number of amides is 2. The molecule has 0 aliphatic heterocycles. The Balaban J connectivity index is 1.69. The van der Waals surface area contributed by atoms with E-state index in [-0.39, 0.29) is 0 Å². The number of hydrogen-bond acceptors (Lipinski definition) is 5. The van der Waals surface area contributed by atoms with Gasteiger partial charge in [-0.15, -0.1) is 0 Å². The van der Waals surface area contributed by atoms with Crippen LogP contribution < -0.4 is 15.8 Å². The third-order valence-electron chi connectivity index (χ3n) is 4.70. The van der Waals surface area contributed by atoms with E-state index in [0.717, 1.165) is 11.1 Å². The molecule has 2 aromatic carbocycles. The first-order chi connectivity index (χ1) is 14.5. The van der Waals surface area contributed by atoms with E-state index < -0.39 is 18.7 Å². The number of nitrogens with zero attached hydrogens (tertiary/aromatic N) is 2. The number of aryl methyl sites for hydroxylation is 2. The molecule has 1 atom stereocenters. The van der Waals surface area contributed by atoms with Crippen LogP contribution >= 0.6 is 0 Å². The summed E-state index contributed by atoms with van der Waals surface area (Å²) < 4.78 is 7.67. The number of primary amides is 1. The van der Waals surface area contributed by atoms with Gasteiger partial charge in [-0.3, -0.25) is 0 Å². The fourth-order valence-corrected chi connectivity index (χ4v) is 3.29. The van der Waals surface area contributed by atoms with Gasteiger partial charge >= 0.3 is 6.03 Å². The van der Waals surface area contributed by atoms with Crippen molar-refractivity contribution in [2.45, 2.75) is 26.0 Å². The van der Waals surface area contributed by atoms with Crippen LogP contribution in [0.2, 0.25) is 0 Å². The number of aliphatic hydroxyl groups is 2. The molecule has 0 bridgehead atoms. The SMILES string of the molecule is Cc1cccc(OCCCn2cnc(-c3ccccc3)c2C(O)CO)c1NC(N)=O. The molecule has 8 heteroatoms. The summed E-state index contributed by atoms with van der Waals surface area (Å²) in [6.45, 7) is 2.38. The number of rotatable bonds is 9. The van der Waals surface area contributed by atoms with Crippen molar-refractivity contribution in [2.24, 2.45) is 5.73 Å². The van der Waals surface area contributed by atoms with Crippen molar-refractivity contribution >= 4 is 11.7 Å². The van der Waals surface area contributed by atoms with Crippen LogP contribution in [0.4, 0.5) is 10.5 Å². The van der Waals surface area contributed by atoms with E-state index in [1.54, 1.807) is 12.4 Å². The average Bonchev–Trinajstić information content (AvgIpc) is 3.17. The standard InChI is InChI=1S/C22H26N4O4/c1-15-7-5-10-18(19(15)25-22(23)29)30-12-6-11-26-14-24-20(21(26)17(28)13-27)16-8-3-2-4-9-16/h2-5,7-10,14,17,27-28H,6,11-13H2,1H3,(H3,23,25,29). The predicted molar refractivity (Wildman–Crippen MR) is 114 cm³/mol. The van der Waals surface area contributed by atoms with Crippen molar-refractivity contribution in [3.63, 3.8) is 0 Å². The Hall–Kier alpha value is -3.36. The minimum Gasteiger partial charge on any atom is -0.491 e. The lowest BCUT2D eigenvalue weighted by molar-refractivity contribution is 0.0893. The van der Waals surface area contributed by atoms with Crippen LogP contribution in [0.5, 0.6) is 5.75 Å². The van der Waals surface area contributed by atoms with Crippen LogP contribution in [0.15, 0.2) is 54.9 Å². The Kier molecular flexibility index (Phi) is 7.05. The summed E-state index contributed by atoms with van der Waals surface area (Å²) in [7, 11) is 0. The molecular formula is C22H26N4O4. The zero-order valence-electron chi connectivity index (χ0n) is 16.8. The Morgan fingerprint density at radius 3 is 2.70 bits per heavy atom. The third-order valence-corrected chi connectivity index (χ3v) is 4.70. The number of ether oxygens (including phenoxy) is 1. The fourth-order valence-electron chi connectivity index (χ4n) is 3.29. The van der Waals surface area contributed by atoms with Gasteiger partial charge in [-0.25, -0.2) is 9.78 Å². The molecule has 0 saturated carbocycles. The number of benzene rings is 2. The van der Waals surface area contributed by atoms with Crippen molar-refractivity contribution in [3.05, 3.63) is 66.1 Å². The van der Waals surface area contributed by atoms with Gasteiger partial charge in [0.15, 0.2) is 0 Å². The zero-order chi connectivity index (χ0) is 21.5. The predicted octanol–water partition coefficient (Wildman–Crippen LogP) is 2.84. The Morgan fingerprint density at radius 1 is 1.23 bits per heavy atom. The molecule has 30 heavy (non-hydrogen) atoms. The highest BCUT2D eigenvalue weighted by Crippen LogP contribution is 2.29. The minimum atomic E-state index is -1.04. The van der Waals surface area contributed by atoms with Crippen molar-refractivity contribution in [3.8, 4) is 17.0 Å². The number of nitrogens with two attached hydrogens (primary N) is 1. The first kappa shape index (κ1) is 21.4. The number of aliphatic hydroxyl groups excluding tert-OH is 2. The fraction of sp³-hybridized carbons (Fsp3) is 0.273. The number of para-hydroxylation sites is 1. The normalized spacial score (nSPS) is 11.8. The summed E-state index contributed by atoms with van der Waals surface area (Å²) in [5.74, 6) is 0.542. The number of aromatic nitrogens is 2. The maximum Gasteiger partial charge on any atom is 0.316 e. The smallest absolute Gasteiger partial charge is 0.316 e. The monoisotopic (exact) mass is 410 g/mol. The highest BCUT2D eigenvalue weighted by molar-refractivity contribution is 5.90. The first-order valence-electron chi connectivity index (χ1n) is 9.69. The number of nitrogens with one attached hydrogen (secondary N) is 1. The lowest BCUT2D eigenvalue weighted by Gasteiger charge is -2.16. The van der Waals surface area contributed by atoms with E-state index in [0.29, 0.717) is 42.4 Å². The van der Waals surface area contributed by atoms with Gasteiger partial charge in [0.25, 0.3) is 0 Å². The quantitative estimate of drug-likeness (QED) is 0.404.